The third-order valence-electron chi connectivity index (χ3n) is 4.31. The number of hydrogen-bond acceptors (Lipinski definition) is 6. The molecule has 0 saturated carbocycles. The monoisotopic (exact) mass is 425 g/mol. The molecular weight excluding hydrogens is 397 g/mol. The first kappa shape index (κ1) is 23.9. The Morgan fingerprint density at radius 3 is 2.52 bits per heavy atom. The number of ether oxygens (including phenoxy) is 1. The van der Waals surface area contributed by atoms with Gasteiger partial charge in [0.25, 0.3) is 5.91 Å². The van der Waals surface area contributed by atoms with Gasteiger partial charge in [0.1, 0.15) is 24.8 Å². The number of nitrogens with one attached hydrogen (secondary N) is 2. The quantitative estimate of drug-likeness (QED) is 0.397. The highest BCUT2D eigenvalue weighted by Crippen LogP contribution is 2.25. The number of hydrazine groups is 1. The van der Waals surface area contributed by atoms with Gasteiger partial charge in [0.15, 0.2) is 4.33 Å². The van der Waals surface area contributed by atoms with Gasteiger partial charge in [-0.05, 0) is 32.1 Å². The van der Waals surface area contributed by atoms with E-state index in [1.165, 1.54) is 11.9 Å². The number of amides is 2. The lowest BCUT2D eigenvalue weighted by molar-refractivity contribution is -0.153. The van der Waals surface area contributed by atoms with Crippen molar-refractivity contribution < 1.29 is 24.2 Å². The zero-order valence-corrected chi connectivity index (χ0v) is 17.6. The van der Waals surface area contributed by atoms with E-state index in [1.807, 2.05) is 0 Å². The highest BCUT2D eigenvalue weighted by atomic mass is 35.5. The Kier molecular flexibility index (Phi) is 9.27. The number of carbonyl (C=O) groups excluding carboxylic acids is 3. The Bertz CT molecular complexity index is 545. The number of carbonyl (C=O) groups is 3. The number of halogens is 2. The lowest BCUT2D eigenvalue weighted by Gasteiger charge is -2.34. The standard InChI is InChI=1S/C17H29Cl2N3O5/c1-5-17(18,19)9-27-16(26)12-7-6-8-22(21-12)15(25)11(4)20-14(24)13(23)10(2)3/h10-13,21,23H,5-9H2,1-4H3,(H,20,24)/t11-,12-,13-/m0/s1. The average molecular weight is 426 g/mol. The molecular formula is C17H29Cl2N3O5. The van der Waals surface area contributed by atoms with Crippen molar-refractivity contribution in [3.05, 3.63) is 0 Å². The van der Waals surface area contributed by atoms with E-state index >= 15 is 0 Å². The molecule has 10 heteroatoms. The van der Waals surface area contributed by atoms with Gasteiger partial charge in [0.2, 0.25) is 5.91 Å². The fraction of sp³-hybridized carbons (Fsp3) is 0.824. The molecule has 0 aliphatic carbocycles. The molecule has 1 heterocycles. The summed E-state index contributed by atoms with van der Waals surface area (Å²) in [5.74, 6) is -1.83. The Morgan fingerprint density at radius 1 is 1.33 bits per heavy atom. The largest absolute Gasteiger partial charge is 0.461 e. The number of hydrogen-bond donors (Lipinski definition) is 3. The Balaban J connectivity index is 2.59. The number of esters is 1. The van der Waals surface area contributed by atoms with Crippen molar-refractivity contribution in [2.45, 2.75) is 69.5 Å². The van der Waals surface area contributed by atoms with Gasteiger partial charge in [0.05, 0.1) is 0 Å². The third kappa shape index (κ3) is 7.44. The highest BCUT2D eigenvalue weighted by molar-refractivity contribution is 6.48. The van der Waals surface area contributed by atoms with E-state index in [2.05, 4.69) is 10.7 Å². The van der Waals surface area contributed by atoms with Crippen LogP contribution in [0.5, 0.6) is 0 Å². The zero-order chi connectivity index (χ0) is 20.8. The first-order valence-electron chi connectivity index (χ1n) is 9.09. The van der Waals surface area contributed by atoms with Crippen LogP contribution in [-0.4, -0.2) is 63.6 Å². The van der Waals surface area contributed by atoms with E-state index in [9.17, 15) is 19.5 Å². The molecule has 1 aliphatic heterocycles. The fourth-order valence-electron chi connectivity index (χ4n) is 2.39. The first-order chi connectivity index (χ1) is 12.5. The summed E-state index contributed by atoms with van der Waals surface area (Å²) >= 11 is 11.9. The molecule has 1 rings (SSSR count). The number of alkyl halides is 2. The van der Waals surface area contributed by atoms with Crippen LogP contribution in [0.4, 0.5) is 0 Å². The van der Waals surface area contributed by atoms with E-state index in [-0.39, 0.29) is 12.5 Å². The summed E-state index contributed by atoms with van der Waals surface area (Å²) in [6, 6.07) is -1.56. The molecule has 3 N–H and O–H groups in total. The van der Waals surface area contributed by atoms with Crippen LogP contribution in [0.25, 0.3) is 0 Å². The number of aliphatic hydroxyl groups excluding tert-OH is 1. The topological polar surface area (TPSA) is 108 Å². The van der Waals surface area contributed by atoms with Gasteiger partial charge < -0.3 is 15.2 Å². The van der Waals surface area contributed by atoms with Crippen LogP contribution >= 0.6 is 23.2 Å². The van der Waals surface area contributed by atoms with Crippen LogP contribution in [0.3, 0.4) is 0 Å². The Labute approximate surface area is 169 Å². The van der Waals surface area contributed by atoms with Crippen molar-refractivity contribution in [3.8, 4) is 0 Å². The SMILES string of the molecule is CCC(Cl)(Cl)COC(=O)[C@@H]1CCCN(C(=O)[C@H](C)NC(=O)[C@@H](O)C(C)C)N1. The normalized spacial score (nSPS) is 20.1. The van der Waals surface area contributed by atoms with Crippen molar-refractivity contribution in [1.82, 2.24) is 15.8 Å². The molecule has 1 fully saturated rings. The second-order valence-corrected chi connectivity index (χ2v) is 8.69. The van der Waals surface area contributed by atoms with Crippen LogP contribution in [0.2, 0.25) is 0 Å². The van der Waals surface area contributed by atoms with Crippen molar-refractivity contribution in [3.63, 3.8) is 0 Å². The minimum absolute atomic E-state index is 0.142. The van der Waals surface area contributed by atoms with E-state index in [0.717, 1.165) is 0 Å². The van der Waals surface area contributed by atoms with Crippen LogP contribution < -0.4 is 10.7 Å². The molecule has 0 aromatic carbocycles. The maximum Gasteiger partial charge on any atom is 0.325 e. The van der Waals surface area contributed by atoms with Gasteiger partial charge in [-0.15, -0.1) is 0 Å². The van der Waals surface area contributed by atoms with E-state index < -0.39 is 40.3 Å². The van der Waals surface area contributed by atoms with Crippen molar-refractivity contribution in [2.24, 2.45) is 5.92 Å². The summed E-state index contributed by atoms with van der Waals surface area (Å²) < 4.78 is 4.00. The molecule has 0 unspecified atom stereocenters. The summed E-state index contributed by atoms with van der Waals surface area (Å²) in [7, 11) is 0. The van der Waals surface area contributed by atoms with Gasteiger partial charge in [-0.3, -0.25) is 19.4 Å². The molecule has 1 aliphatic rings. The van der Waals surface area contributed by atoms with Crippen molar-refractivity contribution >= 4 is 41.0 Å². The smallest absolute Gasteiger partial charge is 0.325 e. The number of rotatable bonds is 8. The van der Waals surface area contributed by atoms with E-state index in [1.54, 1.807) is 20.8 Å². The fourth-order valence-corrected chi connectivity index (χ4v) is 2.50. The minimum Gasteiger partial charge on any atom is -0.461 e. The van der Waals surface area contributed by atoms with Gasteiger partial charge in [-0.25, -0.2) is 5.43 Å². The maximum atomic E-state index is 12.5. The second kappa shape index (κ2) is 10.5. The third-order valence-corrected chi connectivity index (χ3v) is 5.06. The molecule has 0 radical (unpaired) electrons. The molecule has 0 spiro atoms. The summed E-state index contributed by atoms with van der Waals surface area (Å²) in [5.41, 5.74) is 2.82. The predicted molar refractivity (Wildman–Crippen MR) is 102 cm³/mol. The molecule has 1 saturated heterocycles. The molecule has 0 aromatic heterocycles. The van der Waals surface area contributed by atoms with Crippen molar-refractivity contribution in [2.75, 3.05) is 13.2 Å². The molecule has 0 aromatic rings. The summed E-state index contributed by atoms with van der Waals surface area (Å²) in [5, 5.41) is 13.5. The second-order valence-electron chi connectivity index (χ2n) is 7.05. The maximum absolute atomic E-state index is 12.5. The Hall–Kier alpha value is -1.09. The van der Waals surface area contributed by atoms with E-state index in [0.29, 0.717) is 25.8 Å². The molecule has 27 heavy (non-hydrogen) atoms. The molecule has 0 bridgehead atoms. The summed E-state index contributed by atoms with van der Waals surface area (Å²) in [6.07, 6.45) is 0.321. The molecule has 8 nitrogen and oxygen atoms in total. The minimum atomic E-state index is -1.19. The molecule has 2 amide bonds. The summed E-state index contributed by atoms with van der Waals surface area (Å²) in [4.78, 5) is 36.6. The van der Waals surface area contributed by atoms with Crippen LogP contribution in [0, 0.1) is 5.92 Å². The predicted octanol–water partition coefficient (Wildman–Crippen LogP) is 1.13. The van der Waals surface area contributed by atoms with Crippen LogP contribution in [0.1, 0.15) is 47.0 Å². The highest BCUT2D eigenvalue weighted by Gasteiger charge is 2.33. The number of aliphatic hydroxyl groups is 1. The van der Waals surface area contributed by atoms with Crippen LogP contribution in [0.15, 0.2) is 0 Å². The van der Waals surface area contributed by atoms with Gasteiger partial charge in [-0.1, -0.05) is 44.0 Å². The van der Waals surface area contributed by atoms with Crippen LogP contribution in [-0.2, 0) is 19.1 Å². The van der Waals surface area contributed by atoms with Gasteiger partial charge in [-0.2, -0.15) is 0 Å². The molecule has 156 valence electrons. The van der Waals surface area contributed by atoms with E-state index in [4.69, 9.17) is 27.9 Å². The lowest BCUT2D eigenvalue weighted by Crippen LogP contribution is -2.60. The zero-order valence-electron chi connectivity index (χ0n) is 16.1. The molecule has 3 atom stereocenters. The van der Waals surface area contributed by atoms with Gasteiger partial charge in [0, 0.05) is 6.54 Å². The Morgan fingerprint density at radius 2 is 1.96 bits per heavy atom. The average Bonchev–Trinajstić information content (AvgIpc) is 2.64. The summed E-state index contributed by atoms with van der Waals surface area (Å²) in [6.45, 7) is 6.95. The number of nitrogens with zero attached hydrogens (tertiary/aromatic N) is 1. The van der Waals surface area contributed by atoms with Crippen molar-refractivity contribution in [1.29, 1.82) is 0 Å². The first-order valence-corrected chi connectivity index (χ1v) is 9.84. The van der Waals surface area contributed by atoms with Gasteiger partial charge >= 0.3 is 5.97 Å². The lowest BCUT2D eigenvalue weighted by atomic mass is 10.1.